The maximum Gasteiger partial charge on any atom is 0.243 e. The van der Waals surface area contributed by atoms with Gasteiger partial charge in [0.1, 0.15) is 5.41 Å². The van der Waals surface area contributed by atoms with E-state index in [1.54, 1.807) is 14.0 Å². The Hall–Kier alpha value is -1.08. The number of ether oxygens (including phenoxy) is 1. The van der Waals surface area contributed by atoms with Crippen LogP contribution in [0.15, 0.2) is 0 Å². The second kappa shape index (κ2) is 8.10. The van der Waals surface area contributed by atoms with E-state index in [-0.39, 0.29) is 11.9 Å². The largest absolute Gasteiger partial charge is 0.383 e. The fourth-order valence-corrected chi connectivity index (χ4v) is 1.96. The lowest BCUT2D eigenvalue weighted by Crippen LogP contribution is -2.48. The van der Waals surface area contributed by atoms with Crippen molar-refractivity contribution in [1.29, 1.82) is 5.26 Å². The van der Waals surface area contributed by atoms with Crippen molar-refractivity contribution in [3.05, 3.63) is 0 Å². The zero-order valence-electron chi connectivity index (χ0n) is 12.3. The maximum atomic E-state index is 12.5. The lowest BCUT2D eigenvalue weighted by Gasteiger charge is -2.35. The Morgan fingerprint density at radius 3 is 2.28 bits per heavy atom. The number of carbonyl (C=O) groups is 1. The van der Waals surface area contributed by atoms with Gasteiger partial charge in [-0.2, -0.15) is 5.26 Å². The fourth-order valence-electron chi connectivity index (χ4n) is 1.96. The van der Waals surface area contributed by atoms with Gasteiger partial charge in [0, 0.05) is 19.7 Å². The molecule has 0 N–H and O–H groups in total. The highest BCUT2D eigenvalue weighted by molar-refractivity contribution is 5.85. The molecule has 0 fully saturated rings. The first kappa shape index (κ1) is 16.9. The first-order valence-corrected chi connectivity index (χ1v) is 6.71. The van der Waals surface area contributed by atoms with Gasteiger partial charge in [0.25, 0.3) is 0 Å². The predicted octanol–water partition coefficient (Wildman–Crippen LogP) is 2.59. The molecular formula is C14H26N2O2. The minimum Gasteiger partial charge on any atom is -0.383 e. The standard InChI is InChI=1S/C14H26N2O2/c1-6-12(7-2)16(9-10-18-5)13(17)14(4,8-3)11-15/h12H,6-10H2,1-5H3. The predicted molar refractivity (Wildman–Crippen MR) is 72.0 cm³/mol. The quantitative estimate of drug-likeness (QED) is 0.669. The molecule has 1 amide bonds. The number of nitrogens with zero attached hydrogens (tertiary/aromatic N) is 2. The van der Waals surface area contributed by atoms with E-state index in [9.17, 15) is 10.1 Å². The minimum atomic E-state index is -0.920. The van der Waals surface area contributed by atoms with Crippen molar-refractivity contribution in [3.8, 4) is 6.07 Å². The summed E-state index contributed by atoms with van der Waals surface area (Å²) in [6.45, 7) is 8.79. The van der Waals surface area contributed by atoms with Gasteiger partial charge in [0.15, 0.2) is 0 Å². The summed E-state index contributed by atoms with van der Waals surface area (Å²) in [7, 11) is 1.62. The molecule has 0 heterocycles. The molecular weight excluding hydrogens is 228 g/mol. The monoisotopic (exact) mass is 254 g/mol. The number of methoxy groups -OCH3 is 1. The van der Waals surface area contributed by atoms with Crippen LogP contribution in [0.3, 0.4) is 0 Å². The molecule has 0 aliphatic rings. The Morgan fingerprint density at radius 1 is 1.39 bits per heavy atom. The van der Waals surface area contributed by atoms with E-state index < -0.39 is 5.41 Å². The third kappa shape index (κ3) is 3.99. The van der Waals surface area contributed by atoms with E-state index >= 15 is 0 Å². The molecule has 0 radical (unpaired) electrons. The maximum absolute atomic E-state index is 12.5. The van der Waals surface area contributed by atoms with Crippen LogP contribution in [0.25, 0.3) is 0 Å². The van der Waals surface area contributed by atoms with E-state index in [2.05, 4.69) is 19.9 Å². The molecule has 0 saturated carbocycles. The lowest BCUT2D eigenvalue weighted by molar-refractivity contribution is -0.141. The van der Waals surface area contributed by atoms with Crippen molar-refractivity contribution >= 4 is 5.91 Å². The van der Waals surface area contributed by atoms with Gasteiger partial charge in [-0.05, 0) is 26.2 Å². The first-order valence-electron chi connectivity index (χ1n) is 6.71. The molecule has 1 unspecified atom stereocenters. The van der Waals surface area contributed by atoms with E-state index in [1.165, 1.54) is 0 Å². The summed E-state index contributed by atoms with van der Waals surface area (Å²) in [6, 6.07) is 2.34. The average molecular weight is 254 g/mol. The van der Waals surface area contributed by atoms with Crippen molar-refractivity contribution in [2.75, 3.05) is 20.3 Å². The molecule has 4 nitrogen and oxygen atoms in total. The van der Waals surface area contributed by atoms with Crippen molar-refractivity contribution < 1.29 is 9.53 Å². The number of hydrogen-bond donors (Lipinski definition) is 0. The van der Waals surface area contributed by atoms with Crippen molar-refractivity contribution in [2.24, 2.45) is 5.41 Å². The van der Waals surface area contributed by atoms with Crippen molar-refractivity contribution in [1.82, 2.24) is 4.90 Å². The molecule has 4 heteroatoms. The Morgan fingerprint density at radius 2 is 1.94 bits per heavy atom. The number of nitriles is 1. The molecule has 0 aliphatic carbocycles. The third-order valence-corrected chi connectivity index (χ3v) is 3.61. The molecule has 0 aliphatic heterocycles. The molecule has 0 spiro atoms. The van der Waals surface area contributed by atoms with Gasteiger partial charge in [-0.1, -0.05) is 20.8 Å². The average Bonchev–Trinajstić information content (AvgIpc) is 2.41. The van der Waals surface area contributed by atoms with Crippen molar-refractivity contribution in [3.63, 3.8) is 0 Å². The summed E-state index contributed by atoms with van der Waals surface area (Å²) in [5, 5.41) is 9.23. The van der Waals surface area contributed by atoms with Crippen LogP contribution in [0.2, 0.25) is 0 Å². The van der Waals surface area contributed by atoms with Gasteiger partial charge in [-0.3, -0.25) is 4.79 Å². The topological polar surface area (TPSA) is 53.3 Å². The van der Waals surface area contributed by atoms with Crippen LogP contribution in [0.5, 0.6) is 0 Å². The molecule has 0 aromatic rings. The van der Waals surface area contributed by atoms with Crippen LogP contribution in [-0.4, -0.2) is 37.1 Å². The number of rotatable bonds is 8. The van der Waals surface area contributed by atoms with Crippen LogP contribution < -0.4 is 0 Å². The van der Waals surface area contributed by atoms with E-state index in [1.807, 2.05) is 11.8 Å². The third-order valence-electron chi connectivity index (χ3n) is 3.61. The zero-order valence-corrected chi connectivity index (χ0v) is 12.3. The highest BCUT2D eigenvalue weighted by Gasteiger charge is 2.37. The molecule has 1 atom stereocenters. The van der Waals surface area contributed by atoms with Crippen molar-refractivity contribution in [2.45, 2.75) is 53.0 Å². The Balaban J connectivity index is 5.06. The van der Waals surface area contributed by atoms with Crippen LogP contribution in [0, 0.1) is 16.7 Å². The second-order valence-corrected chi connectivity index (χ2v) is 4.76. The van der Waals surface area contributed by atoms with Crippen LogP contribution in [0.4, 0.5) is 0 Å². The fraction of sp³-hybridized carbons (Fsp3) is 0.857. The zero-order chi connectivity index (χ0) is 14.2. The van der Waals surface area contributed by atoms with Crippen LogP contribution in [0.1, 0.15) is 47.0 Å². The summed E-state index contributed by atoms with van der Waals surface area (Å²) in [4.78, 5) is 14.4. The summed E-state index contributed by atoms with van der Waals surface area (Å²) in [5.74, 6) is -0.0711. The SMILES string of the molecule is CCC(CC)N(CCOC)C(=O)C(C)(C#N)CC. The van der Waals surface area contributed by atoms with Gasteiger partial charge in [0.2, 0.25) is 5.91 Å². The van der Waals surface area contributed by atoms with E-state index in [0.717, 1.165) is 12.8 Å². The number of carbonyl (C=O) groups excluding carboxylic acids is 1. The Labute approximate surface area is 111 Å². The number of amides is 1. The van der Waals surface area contributed by atoms with Gasteiger partial charge in [-0.15, -0.1) is 0 Å². The summed E-state index contributed by atoms with van der Waals surface area (Å²) in [6.07, 6.45) is 2.33. The van der Waals surface area contributed by atoms with E-state index in [4.69, 9.17) is 4.74 Å². The van der Waals surface area contributed by atoms with Crippen LogP contribution in [-0.2, 0) is 9.53 Å². The van der Waals surface area contributed by atoms with Gasteiger partial charge < -0.3 is 9.64 Å². The highest BCUT2D eigenvalue weighted by atomic mass is 16.5. The summed E-state index contributed by atoms with van der Waals surface area (Å²) in [5.41, 5.74) is -0.920. The molecule has 0 bridgehead atoms. The van der Waals surface area contributed by atoms with Gasteiger partial charge >= 0.3 is 0 Å². The molecule has 0 saturated heterocycles. The Kier molecular flexibility index (Phi) is 7.61. The first-order chi connectivity index (χ1) is 8.50. The molecule has 104 valence electrons. The van der Waals surface area contributed by atoms with Gasteiger partial charge in [0.05, 0.1) is 12.7 Å². The van der Waals surface area contributed by atoms with E-state index in [0.29, 0.717) is 19.6 Å². The van der Waals surface area contributed by atoms with Crippen LogP contribution >= 0.6 is 0 Å². The lowest BCUT2D eigenvalue weighted by atomic mass is 9.87. The molecule has 0 aromatic carbocycles. The minimum absolute atomic E-state index is 0.0711. The normalized spacial score (nSPS) is 14.1. The smallest absolute Gasteiger partial charge is 0.243 e. The van der Waals surface area contributed by atoms with Gasteiger partial charge in [-0.25, -0.2) is 0 Å². The molecule has 0 aromatic heterocycles. The highest BCUT2D eigenvalue weighted by Crippen LogP contribution is 2.25. The molecule has 0 rings (SSSR count). The molecule has 18 heavy (non-hydrogen) atoms. The second-order valence-electron chi connectivity index (χ2n) is 4.76. The number of hydrogen-bond acceptors (Lipinski definition) is 3. The summed E-state index contributed by atoms with van der Waals surface area (Å²) < 4.78 is 5.06. The summed E-state index contributed by atoms with van der Waals surface area (Å²) >= 11 is 0. The Bertz CT molecular complexity index is 295.